The van der Waals surface area contributed by atoms with Crippen LogP contribution in [0.15, 0.2) is 17.4 Å². The lowest BCUT2D eigenvalue weighted by Gasteiger charge is -2.36. The minimum absolute atomic E-state index is 0.0428. The number of nitrogens with zero attached hydrogens (tertiary/aromatic N) is 4. The van der Waals surface area contributed by atoms with E-state index in [1.807, 2.05) is 0 Å². The second-order valence-electron chi connectivity index (χ2n) is 4.08. The van der Waals surface area contributed by atoms with Gasteiger partial charge in [-0.05, 0) is 12.5 Å². The highest BCUT2D eigenvalue weighted by Crippen LogP contribution is 2.22. The van der Waals surface area contributed by atoms with Crippen molar-refractivity contribution in [3.05, 3.63) is 17.8 Å². The van der Waals surface area contributed by atoms with Crippen molar-refractivity contribution in [1.29, 1.82) is 0 Å². The molecular formula is C11H17N5O2. The van der Waals surface area contributed by atoms with E-state index in [2.05, 4.69) is 27.2 Å². The second kappa shape index (κ2) is 5.63. The van der Waals surface area contributed by atoms with Gasteiger partial charge < -0.3 is 20.6 Å². The molecule has 0 aliphatic carbocycles. The summed E-state index contributed by atoms with van der Waals surface area (Å²) in [6, 6.07) is 1.93. The molecule has 0 amide bonds. The quantitative estimate of drug-likeness (QED) is 0.344. The van der Waals surface area contributed by atoms with Crippen molar-refractivity contribution >= 4 is 11.7 Å². The van der Waals surface area contributed by atoms with E-state index in [4.69, 9.17) is 15.7 Å². The Labute approximate surface area is 105 Å². The van der Waals surface area contributed by atoms with E-state index in [9.17, 15) is 0 Å². The van der Waals surface area contributed by atoms with Crippen molar-refractivity contribution in [3.63, 3.8) is 0 Å². The molecule has 0 bridgehead atoms. The number of morpholine rings is 1. The zero-order valence-electron chi connectivity index (χ0n) is 10.3. The fourth-order valence-electron chi connectivity index (χ4n) is 2.06. The Morgan fingerprint density at radius 1 is 1.72 bits per heavy atom. The predicted molar refractivity (Wildman–Crippen MR) is 66.8 cm³/mol. The third-order valence-corrected chi connectivity index (χ3v) is 3.06. The van der Waals surface area contributed by atoms with Crippen LogP contribution in [0.5, 0.6) is 0 Å². The molecule has 98 valence electrons. The van der Waals surface area contributed by atoms with Gasteiger partial charge >= 0.3 is 0 Å². The van der Waals surface area contributed by atoms with Crippen LogP contribution in [0.2, 0.25) is 0 Å². The number of anilines is 1. The minimum atomic E-state index is 0.0428. The zero-order chi connectivity index (χ0) is 13.0. The SMILES string of the molecule is CCC1COCCN1c1nnccc1/C(N)=N/O. The van der Waals surface area contributed by atoms with E-state index in [0.29, 0.717) is 24.6 Å². The smallest absolute Gasteiger partial charge is 0.173 e. The molecule has 0 spiro atoms. The molecule has 1 aromatic rings. The maximum atomic E-state index is 8.81. The molecule has 2 heterocycles. The highest BCUT2D eigenvalue weighted by molar-refractivity contribution is 6.01. The molecule has 7 heteroatoms. The molecule has 0 radical (unpaired) electrons. The first-order valence-corrected chi connectivity index (χ1v) is 5.92. The summed E-state index contributed by atoms with van der Waals surface area (Å²) in [5.41, 5.74) is 6.25. The Hall–Kier alpha value is -1.89. The van der Waals surface area contributed by atoms with Gasteiger partial charge in [-0.15, -0.1) is 5.10 Å². The van der Waals surface area contributed by atoms with Crippen molar-refractivity contribution in [2.24, 2.45) is 10.9 Å². The van der Waals surface area contributed by atoms with Crippen LogP contribution in [0.25, 0.3) is 0 Å². The highest BCUT2D eigenvalue weighted by atomic mass is 16.5. The number of oxime groups is 1. The number of aromatic nitrogens is 2. The summed E-state index contributed by atoms with van der Waals surface area (Å²) >= 11 is 0. The summed E-state index contributed by atoms with van der Waals surface area (Å²) in [7, 11) is 0. The van der Waals surface area contributed by atoms with Gasteiger partial charge in [0, 0.05) is 6.54 Å². The van der Waals surface area contributed by atoms with Gasteiger partial charge in [-0.1, -0.05) is 12.1 Å². The monoisotopic (exact) mass is 251 g/mol. The molecule has 0 saturated carbocycles. The maximum Gasteiger partial charge on any atom is 0.173 e. The van der Waals surface area contributed by atoms with Crippen LogP contribution in [0, 0.1) is 0 Å². The molecule has 0 aromatic carbocycles. The zero-order valence-corrected chi connectivity index (χ0v) is 10.3. The van der Waals surface area contributed by atoms with E-state index in [1.165, 1.54) is 6.20 Å². The largest absolute Gasteiger partial charge is 0.409 e. The summed E-state index contributed by atoms with van der Waals surface area (Å²) in [6.07, 6.45) is 2.46. The summed E-state index contributed by atoms with van der Waals surface area (Å²) < 4.78 is 5.45. The normalized spacial score (nSPS) is 21.1. The molecule has 7 nitrogen and oxygen atoms in total. The van der Waals surface area contributed by atoms with Crippen LogP contribution in [-0.2, 0) is 4.74 Å². The number of ether oxygens (including phenoxy) is 1. The Morgan fingerprint density at radius 2 is 2.56 bits per heavy atom. The lowest BCUT2D eigenvalue weighted by Crippen LogP contribution is -2.46. The molecular weight excluding hydrogens is 234 g/mol. The van der Waals surface area contributed by atoms with Crippen LogP contribution in [0.4, 0.5) is 5.82 Å². The Balaban J connectivity index is 2.37. The fourth-order valence-corrected chi connectivity index (χ4v) is 2.06. The molecule has 3 N–H and O–H groups in total. The molecule has 1 unspecified atom stereocenters. The van der Waals surface area contributed by atoms with Gasteiger partial charge in [0.2, 0.25) is 0 Å². The van der Waals surface area contributed by atoms with E-state index in [-0.39, 0.29) is 11.9 Å². The van der Waals surface area contributed by atoms with Gasteiger partial charge in [-0.2, -0.15) is 5.10 Å². The van der Waals surface area contributed by atoms with Crippen LogP contribution in [0.3, 0.4) is 0 Å². The topological polar surface area (TPSA) is 96.9 Å². The fraction of sp³-hybridized carbons (Fsp3) is 0.545. The maximum absolute atomic E-state index is 8.81. The Bertz CT molecular complexity index is 437. The van der Waals surface area contributed by atoms with Gasteiger partial charge in [0.15, 0.2) is 11.7 Å². The van der Waals surface area contributed by atoms with Crippen molar-refractivity contribution in [2.45, 2.75) is 19.4 Å². The van der Waals surface area contributed by atoms with E-state index in [1.54, 1.807) is 6.07 Å². The Kier molecular flexibility index (Phi) is 3.93. The standard InChI is InChI=1S/C11H17N5O2/c1-2-8-7-18-6-5-16(8)11-9(10(12)15-17)3-4-13-14-11/h3-4,8,17H,2,5-7H2,1H3,(H2,12,15). The van der Waals surface area contributed by atoms with E-state index < -0.39 is 0 Å². The molecule has 1 aromatic heterocycles. The summed E-state index contributed by atoms with van der Waals surface area (Å²) in [6.45, 7) is 4.11. The van der Waals surface area contributed by atoms with Gasteiger partial charge in [-0.25, -0.2) is 0 Å². The third kappa shape index (κ3) is 2.35. The van der Waals surface area contributed by atoms with E-state index >= 15 is 0 Å². The molecule has 1 atom stereocenters. The highest BCUT2D eigenvalue weighted by Gasteiger charge is 2.25. The molecule has 1 fully saturated rings. The minimum Gasteiger partial charge on any atom is -0.409 e. The summed E-state index contributed by atoms with van der Waals surface area (Å²) in [5, 5.41) is 19.8. The van der Waals surface area contributed by atoms with Crippen molar-refractivity contribution in [1.82, 2.24) is 10.2 Å². The second-order valence-corrected chi connectivity index (χ2v) is 4.08. The molecule has 1 aliphatic rings. The number of nitrogens with two attached hydrogens (primary N) is 1. The van der Waals surface area contributed by atoms with Crippen molar-refractivity contribution in [3.8, 4) is 0 Å². The summed E-state index contributed by atoms with van der Waals surface area (Å²) in [4.78, 5) is 2.10. The van der Waals surface area contributed by atoms with Gasteiger partial charge in [-0.3, -0.25) is 0 Å². The van der Waals surface area contributed by atoms with Crippen LogP contribution in [0.1, 0.15) is 18.9 Å². The number of amidine groups is 1. The lowest BCUT2D eigenvalue weighted by atomic mass is 10.1. The molecule has 2 rings (SSSR count). The Morgan fingerprint density at radius 3 is 3.28 bits per heavy atom. The number of rotatable bonds is 3. The molecule has 1 aliphatic heterocycles. The lowest BCUT2D eigenvalue weighted by molar-refractivity contribution is 0.0924. The van der Waals surface area contributed by atoms with Gasteiger partial charge in [0.05, 0.1) is 31.0 Å². The predicted octanol–water partition coefficient (Wildman–Crippen LogP) is 0.186. The van der Waals surface area contributed by atoms with Crippen LogP contribution >= 0.6 is 0 Å². The first-order chi connectivity index (χ1) is 8.77. The average Bonchev–Trinajstić information content (AvgIpc) is 2.46. The third-order valence-electron chi connectivity index (χ3n) is 3.06. The first-order valence-electron chi connectivity index (χ1n) is 5.92. The summed E-state index contributed by atoms with van der Waals surface area (Å²) in [5.74, 6) is 0.684. The van der Waals surface area contributed by atoms with E-state index in [0.717, 1.165) is 13.0 Å². The number of hydrogen-bond acceptors (Lipinski definition) is 6. The van der Waals surface area contributed by atoms with Crippen molar-refractivity contribution < 1.29 is 9.94 Å². The van der Waals surface area contributed by atoms with Crippen LogP contribution < -0.4 is 10.6 Å². The molecule has 18 heavy (non-hydrogen) atoms. The first kappa shape index (κ1) is 12.6. The molecule has 1 saturated heterocycles. The average molecular weight is 251 g/mol. The van der Waals surface area contributed by atoms with Gasteiger partial charge in [0.25, 0.3) is 0 Å². The van der Waals surface area contributed by atoms with Crippen molar-refractivity contribution in [2.75, 3.05) is 24.7 Å². The number of hydrogen-bond donors (Lipinski definition) is 2. The van der Waals surface area contributed by atoms with Crippen LogP contribution in [-0.4, -0.2) is 47.0 Å². The van der Waals surface area contributed by atoms with Gasteiger partial charge in [0.1, 0.15) is 0 Å².